The Balaban J connectivity index is 1.19. The number of benzene rings is 8. The fourth-order valence-electron chi connectivity index (χ4n) is 7.54. The van der Waals surface area contributed by atoms with Crippen LogP contribution in [0.2, 0.25) is 0 Å². The third-order valence-electron chi connectivity index (χ3n) is 9.95. The van der Waals surface area contributed by atoms with Gasteiger partial charge < -0.3 is 9.73 Å². The maximum absolute atomic E-state index is 6.56. The van der Waals surface area contributed by atoms with Crippen LogP contribution in [0.1, 0.15) is 22.9 Å². The molecule has 1 aromatic heterocycles. The molecule has 4 heteroatoms. The minimum Gasteiger partial charge on any atom is -0.456 e. The predicted octanol–water partition coefficient (Wildman–Crippen LogP) is 11.7. The highest BCUT2D eigenvalue weighted by atomic mass is 16.3. The molecular weight excluding hydrogens is 623 g/mol. The molecule has 0 saturated heterocycles. The molecule has 1 N–H and O–H groups in total. The molecular formula is C47H31N3O. The van der Waals surface area contributed by atoms with Crippen LogP contribution in [-0.4, -0.2) is 11.7 Å². The Kier molecular flexibility index (Phi) is 6.85. The van der Waals surface area contributed by atoms with Gasteiger partial charge in [-0.05, 0) is 73.6 Å². The fraction of sp³-hybridized carbons (Fsp3) is 0.0213. The van der Waals surface area contributed by atoms with Gasteiger partial charge >= 0.3 is 0 Å². The highest BCUT2D eigenvalue weighted by Gasteiger charge is 2.25. The van der Waals surface area contributed by atoms with Crippen LogP contribution >= 0.6 is 0 Å². The van der Waals surface area contributed by atoms with Crippen molar-refractivity contribution in [3.8, 4) is 22.3 Å². The molecule has 2 heterocycles. The van der Waals surface area contributed by atoms with Gasteiger partial charge in [0.25, 0.3) is 0 Å². The van der Waals surface area contributed by atoms with Crippen LogP contribution in [0.15, 0.2) is 190 Å². The van der Waals surface area contributed by atoms with Crippen molar-refractivity contribution in [1.82, 2.24) is 5.32 Å². The number of fused-ring (bicyclic) bond motifs is 5. The van der Waals surface area contributed by atoms with E-state index >= 15 is 0 Å². The van der Waals surface area contributed by atoms with Crippen molar-refractivity contribution in [2.24, 2.45) is 9.98 Å². The summed E-state index contributed by atoms with van der Waals surface area (Å²) in [6, 6.07) is 61.6. The molecule has 51 heavy (non-hydrogen) atoms. The maximum Gasteiger partial charge on any atom is 0.160 e. The number of nitrogens with zero attached hydrogens (tertiary/aromatic N) is 2. The summed E-state index contributed by atoms with van der Waals surface area (Å²) in [6.45, 7) is 0. The lowest BCUT2D eigenvalue weighted by atomic mass is 9.94. The molecule has 1 aliphatic heterocycles. The molecule has 10 rings (SSSR count). The first-order valence-corrected chi connectivity index (χ1v) is 17.3. The van der Waals surface area contributed by atoms with Gasteiger partial charge in [0.05, 0.1) is 0 Å². The first-order valence-electron chi connectivity index (χ1n) is 17.3. The van der Waals surface area contributed by atoms with E-state index in [1.54, 1.807) is 0 Å². The summed E-state index contributed by atoms with van der Waals surface area (Å²) < 4.78 is 6.56. The Labute approximate surface area is 295 Å². The molecule has 9 aromatic rings. The van der Waals surface area contributed by atoms with Crippen LogP contribution in [-0.2, 0) is 0 Å². The van der Waals surface area contributed by atoms with E-state index in [9.17, 15) is 0 Å². The fourth-order valence-corrected chi connectivity index (χ4v) is 7.54. The zero-order chi connectivity index (χ0) is 33.7. The minimum absolute atomic E-state index is 0.338. The lowest BCUT2D eigenvalue weighted by molar-refractivity contribution is 0.668. The smallest absolute Gasteiger partial charge is 0.160 e. The second-order valence-corrected chi connectivity index (χ2v) is 13.0. The molecule has 0 bridgehead atoms. The first-order chi connectivity index (χ1) is 25.3. The van der Waals surface area contributed by atoms with E-state index in [0.29, 0.717) is 5.84 Å². The molecule has 0 aliphatic carbocycles. The van der Waals surface area contributed by atoms with Gasteiger partial charge in [0, 0.05) is 21.9 Å². The predicted molar refractivity (Wildman–Crippen MR) is 211 cm³/mol. The van der Waals surface area contributed by atoms with Crippen LogP contribution in [0.5, 0.6) is 0 Å². The van der Waals surface area contributed by atoms with Gasteiger partial charge in [-0.1, -0.05) is 152 Å². The van der Waals surface area contributed by atoms with Crippen molar-refractivity contribution >= 4 is 55.2 Å². The Morgan fingerprint density at radius 2 is 1.08 bits per heavy atom. The zero-order valence-electron chi connectivity index (χ0n) is 27.6. The summed E-state index contributed by atoms with van der Waals surface area (Å²) in [7, 11) is 0. The van der Waals surface area contributed by atoms with Gasteiger partial charge in [-0.2, -0.15) is 0 Å². The third-order valence-corrected chi connectivity index (χ3v) is 9.95. The van der Waals surface area contributed by atoms with Crippen LogP contribution in [0, 0.1) is 0 Å². The number of nitrogens with one attached hydrogen (secondary N) is 1. The highest BCUT2D eigenvalue weighted by molar-refractivity contribution is 6.25. The van der Waals surface area contributed by atoms with Gasteiger partial charge in [0.2, 0.25) is 0 Å². The summed E-state index contributed by atoms with van der Waals surface area (Å²) in [5.41, 5.74) is 9.32. The number of furan rings is 1. The number of hydrogen-bond donors (Lipinski definition) is 1. The van der Waals surface area contributed by atoms with Crippen LogP contribution in [0.25, 0.3) is 65.7 Å². The Morgan fingerprint density at radius 3 is 1.86 bits per heavy atom. The molecule has 1 atom stereocenters. The quantitative estimate of drug-likeness (QED) is 0.201. The number of hydrogen-bond acceptors (Lipinski definition) is 4. The molecule has 4 nitrogen and oxygen atoms in total. The van der Waals surface area contributed by atoms with Crippen LogP contribution in [0.4, 0.5) is 0 Å². The van der Waals surface area contributed by atoms with Gasteiger partial charge in [-0.3, -0.25) is 0 Å². The van der Waals surface area contributed by atoms with Gasteiger partial charge in [-0.25, -0.2) is 9.98 Å². The van der Waals surface area contributed by atoms with E-state index in [1.807, 2.05) is 18.2 Å². The summed E-state index contributed by atoms with van der Waals surface area (Å²) in [5, 5.41) is 10.5. The number of amidine groups is 2. The molecule has 0 fully saturated rings. The average molecular weight is 654 g/mol. The van der Waals surface area contributed by atoms with E-state index in [0.717, 1.165) is 61.0 Å². The summed E-state index contributed by atoms with van der Waals surface area (Å²) in [6.07, 6.45) is -0.338. The third kappa shape index (κ3) is 5.00. The SMILES string of the molecule is c1ccc(-c2ccc(C3=NC(c4ccccc4)NC(c4cccc5oc6cccc(-c7ccc8ccccc8c7)c6c45)=N3)c3ccccc23)cc1. The van der Waals surface area contributed by atoms with Gasteiger partial charge in [0.15, 0.2) is 5.84 Å². The molecule has 0 saturated carbocycles. The van der Waals surface area contributed by atoms with Gasteiger partial charge in [-0.15, -0.1) is 0 Å². The molecule has 8 aromatic carbocycles. The largest absolute Gasteiger partial charge is 0.456 e. The molecule has 1 aliphatic rings. The summed E-state index contributed by atoms with van der Waals surface area (Å²) in [5.74, 6) is 1.44. The van der Waals surface area contributed by atoms with E-state index in [1.165, 1.54) is 27.3 Å². The Hall–Kier alpha value is -6.78. The summed E-state index contributed by atoms with van der Waals surface area (Å²) >= 11 is 0. The lowest BCUT2D eigenvalue weighted by Gasteiger charge is -2.24. The normalized spacial score (nSPS) is 14.5. The van der Waals surface area contributed by atoms with Crippen molar-refractivity contribution < 1.29 is 4.42 Å². The van der Waals surface area contributed by atoms with E-state index < -0.39 is 0 Å². The molecule has 0 radical (unpaired) electrons. The Bertz CT molecular complexity index is 2830. The summed E-state index contributed by atoms with van der Waals surface area (Å²) in [4.78, 5) is 10.6. The molecule has 0 amide bonds. The topological polar surface area (TPSA) is 49.9 Å². The van der Waals surface area contributed by atoms with E-state index in [4.69, 9.17) is 14.4 Å². The molecule has 0 spiro atoms. The second kappa shape index (κ2) is 12.0. The second-order valence-electron chi connectivity index (χ2n) is 13.0. The first kappa shape index (κ1) is 29.2. The van der Waals surface area contributed by atoms with Crippen molar-refractivity contribution in [3.63, 3.8) is 0 Å². The number of aliphatic imine (C=N–C) groups is 2. The lowest BCUT2D eigenvalue weighted by Crippen LogP contribution is -2.33. The zero-order valence-corrected chi connectivity index (χ0v) is 27.6. The Morgan fingerprint density at radius 1 is 0.451 bits per heavy atom. The van der Waals surface area contributed by atoms with Gasteiger partial charge in [0.1, 0.15) is 23.2 Å². The standard InChI is InChI=1S/C47H31N3O/c1-3-14-31(15-4-1)35-27-28-39(38-20-10-9-19-37(35)38)46-48-45(32-16-5-2-6-17-32)49-47(50-46)40-22-12-24-42-44(40)43-36(21-11-23-41(43)51-42)34-26-25-30-13-7-8-18-33(30)29-34/h1-29,45H,(H,48,49,50). The van der Waals surface area contributed by atoms with Crippen molar-refractivity contribution in [1.29, 1.82) is 0 Å². The average Bonchev–Trinajstić information content (AvgIpc) is 3.60. The number of rotatable bonds is 5. The van der Waals surface area contributed by atoms with Crippen molar-refractivity contribution in [2.75, 3.05) is 0 Å². The monoisotopic (exact) mass is 653 g/mol. The van der Waals surface area contributed by atoms with Crippen LogP contribution in [0.3, 0.4) is 0 Å². The van der Waals surface area contributed by atoms with E-state index in [-0.39, 0.29) is 6.17 Å². The minimum atomic E-state index is -0.338. The van der Waals surface area contributed by atoms with E-state index in [2.05, 4.69) is 163 Å². The van der Waals surface area contributed by atoms with Crippen LogP contribution < -0.4 is 5.32 Å². The van der Waals surface area contributed by atoms with Crippen molar-refractivity contribution in [3.05, 3.63) is 193 Å². The maximum atomic E-state index is 6.56. The molecule has 1 unspecified atom stereocenters. The highest BCUT2D eigenvalue weighted by Crippen LogP contribution is 2.40. The molecule has 240 valence electrons. The van der Waals surface area contributed by atoms with Crippen molar-refractivity contribution in [2.45, 2.75) is 6.17 Å².